The number of aliphatic hydroxyl groups is 1. The van der Waals surface area contributed by atoms with Crippen LogP contribution in [-0.4, -0.2) is 36.4 Å². The second kappa shape index (κ2) is 9.79. The second-order valence-corrected chi connectivity index (χ2v) is 8.70. The predicted molar refractivity (Wildman–Crippen MR) is 120 cm³/mol. The lowest BCUT2D eigenvalue weighted by Crippen LogP contribution is -2.37. The SMILES string of the molecule is CC(C)c1ccccc1C(C)C.[B]C([B])(O)Oc1ncnc(C2CC2)c1C(C)C. The Balaban J connectivity index is 0.000000221. The van der Waals surface area contributed by atoms with Gasteiger partial charge in [0.05, 0.1) is 5.69 Å². The van der Waals surface area contributed by atoms with E-state index in [1.807, 2.05) is 13.8 Å². The zero-order valence-electron chi connectivity index (χ0n) is 18.5. The maximum Gasteiger partial charge on any atom is 0.221 e. The van der Waals surface area contributed by atoms with Gasteiger partial charge in [-0.15, -0.1) is 0 Å². The highest BCUT2D eigenvalue weighted by molar-refractivity contribution is 6.37. The highest BCUT2D eigenvalue weighted by atomic mass is 16.6. The van der Waals surface area contributed by atoms with Crippen molar-refractivity contribution in [1.82, 2.24) is 9.97 Å². The first kappa shape index (κ1) is 23.5. The molecular weight excluding hydrogens is 358 g/mol. The van der Waals surface area contributed by atoms with Gasteiger partial charge < -0.3 is 9.84 Å². The average Bonchev–Trinajstić information content (AvgIpc) is 3.45. The van der Waals surface area contributed by atoms with E-state index in [1.165, 1.54) is 17.5 Å². The van der Waals surface area contributed by atoms with Crippen molar-refractivity contribution in [2.24, 2.45) is 0 Å². The number of benzene rings is 1. The van der Waals surface area contributed by atoms with E-state index in [0.29, 0.717) is 17.8 Å². The van der Waals surface area contributed by atoms with Crippen LogP contribution in [-0.2, 0) is 0 Å². The van der Waals surface area contributed by atoms with Crippen molar-refractivity contribution in [2.45, 2.75) is 83.6 Å². The summed E-state index contributed by atoms with van der Waals surface area (Å²) < 4.78 is 5.07. The summed E-state index contributed by atoms with van der Waals surface area (Å²) in [5.41, 5.74) is 2.64. The van der Waals surface area contributed by atoms with Gasteiger partial charge in [0.15, 0.2) is 15.7 Å². The first-order valence-electron chi connectivity index (χ1n) is 10.4. The van der Waals surface area contributed by atoms with Crippen molar-refractivity contribution in [2.75, 3.05) is 0 Å². The van der Waals surface area contributed by atoms with E-state index in [2.05, 4.69) is 61.9 Å². The molecule has 0 unspecified atom stereocenters. The molecule has 1 aliphatic rings. The first-order chi connectivity index (χ1) is 13.5. The van der Waals surface area contributed by atoms with Crippen molar-refractivity contribution in [1.29, 1.82) is 0 Å². The smallest absolute Gasteiger partial charge is 0.221 e. The van der Waals surface area contributed by atoms with Crippen LogP contribution in [0.1, 0.15) is 100 Å². The summed E-state index contributed by atoms with van der Waals surface area (Å²) in [6, 6.07) is 8.72. The van der Waals surface area contributed by atoms with Gasteiger partial charge >= 0.3 is 0 Å². The molecule has 1 aromatic heterocycles. The Morgan fingerprint density at radius 2 is 1.45 bits per heavy atom. The van der Waals surface area contributed by atoms with E-state index in [-0.39, 0.29) is 11.8 Å². The summed E-state index contributed by atoms with van der Waals surface area (Å²) in [5.74, 6) is 2.21. The lowest BCUT2D eigenvalue weighted by Gasteiger charge is -2.24. The quantitative estimate of drug-likeness (QED) is 0.573. The Morgan fingerprint density at radius 1 is 0.931 bits per heavy atom. The van der Waals surface area contributed by atoms with Crippen molar-refractivity contribution < 1.29 is 9.84 Å². The molecule has 29 heavy (non-hydrogen) atoms. The fraction of sp³-hybridized carbons (Fsp3) is 0.565. The minimum atomic E-state index is -2.21. The molecule has 1 aromatic carbocycles. The lowest BCUT2D eigenvalue weighted by atomic mass is 9.76. The summed E-state index contributed by atoms with van der Waals surface area (Å²) in [6.45, 7) is 13.0. The molecule has 0 bridgehead atoms. The normalized spacial score (nSPS) is 14.1. The molecule has 1 heterocycles. The van der Waals surface area contributed by atoms with E-state index < -0.39 is 5.59 Å². The molecule has 0 saturated heterocycles. The number of ether oxygens (including phenoxy) is 1. The van der Waals surface area contributed by atoms with E-state index in [1.54, 1.807) is 0 Å². The van der Waals surface area contributed by atoms with E-state index in [4.69, 9.17) is 20.4 Å². The Labute approximate surface area is 178 Å². The van der Waals surface area contributed by atoms with Crippen LogP contribution in [0.4, 0.5) is 0 Å². The molecule has 1 aliphatic carbocycles. The van der Waals surface area contributed by atoms with Gasteiger partial charge in [0.2, 0.25) is 5.88 Å². The van der Waals surface area contributed by atoms with E-state index >= 15 is 0 Å². The van der Waals surface area contributed by atoms with Crippen LogP contribution in [0.3, 0.4) is 0 Å². The summed E-state index contributed by atoms with van der Waals surface area (Å²) in [7, 11) is 10.5. The molecule has 152 valence electrons. The van der Waals surface area contributed by atoms with E-state index in [0.717, 1.165) is 24.1 Å². The van der Waals surface area contributed by atoms with Gasteiger partial charge in [0.25, 0.3) is 0 Å². The van der Waals surface area contributed by atoms with Gasteiger partial charge in [0.1, 0.15) is 11.9 Å². The standard InChI is InChI=1S/C12H18.C11H14B2N2O2/c1-9(2)11-7-5-6-8-12(11)10(3)4;1-6(2)8-9(7-3-4-7)14-5-15-10(8)17-11(12,13)16/h5-10H,1-4H3;5-7,16H,3-4H2,1-2H3. The van der Waals surface area contributed by atoms with Crippen LogP contribution in [0, 0.1) is 0 Å². The van der Waals surface area contributed by atoms with Crippen molar-refractivity contribution in [3.8, 4) is 5.88 Å². The maximum absolute atomic E-state index is 9.30. The zero-order valence-corrected chi connectivity index (χ0v) is 18.5. The van der Waals surface area contributed by atoms with Crippen LogP contribution in [0.5, 0.6) is 5.88 Å². The number of hydrogen-bond donors (Lipinski definition) is 1. The van der Waals surface area contributed by atoms with Crippen LogP contribution >= 0.6 is 0 Å². The lowest BCUT2D eigenvalue weighted by molar-refractivity contribution is 0.00801. The predicted octanol–water partition coefficient (Wildman–Crippen LogP) is 4.73. The van der Waals surface area contributed by atoms with Gasteiger partial charge in [0, 0.05) is 11.5 Å². The largest absolute Gasteiger partial charge is 0.465 e. The molecule has 0 amide bonds. The molecule has 6 heteroatoms. The molecule has 3 rings (SSSR count). The van der Waals surface area contributed by atoms with Crippen LogP contribution in [0.15, 0.2) is 30.6 Å². The fourth-order valence-electron chi connectivity index (χ4n) is 3.42. The summed E-state index contributed by atoms with van der Waals surface area (Å²) in [5, 5.41) is 9.30. The highest BCUT2D eigenvalue weighted by Crippen LogP contribution is 2.44. The minimum absolute atomic E-state index is 0.184. The molecule has 1 saturated carbocycles. The van der Waals surface area contributed by atoms with Gasteiger partial charge in [-0.3, -0.25) is 0 Å². The molecule has 1 fully saturated rings. The average molecular weight is 390 g/mol. The number of aromatic nitrogens is 2. The van der Waals surface area contributed by atoms with Crippen molar-refractivity contribution >= 4 is 15.7 Å². The molecule has 0 spiro atoms. The Bertz CT molecular complexity index is 771. The molecule has 2 aromatic rings. The molecule has 0 atom stereocenters. The number of hydrogen-bond acceptors (Lipinski definition) is 4. The number of nitrogens with zero attached hydrogens (tertiary/aromatic N) is 2. The van der Waals surface area contributed by atoms with Crippen molar-refractivity contribution in [3.05, 3.63) is 53.0 Å². The van der Waals surface area contributed by atoms with Crippen LogP contribution in [0.25, 0.3) is 0 Å². The van der Waals surface area contributed by atoms with E-state index in [9.17, 15) is 5.11 Å². The Kier molecular flexibility index (Phi) is 7.93. The zero-order chi connectivity index (χ0) is 21.8. The van der Waals surface area contributed by atoms with Crippen LogP contribution < -0.4 is 4.74 Å². The van der Waals surface area contributed by atoms with Crippen molar-refractivity contribution in [3.63, 3.8) is 0 Å². The molecule has 4 nitrogen and oxygen atoms in total. The first-order valence-corrected chi connectivity index (χ1v) is 10.4. The fourth-order valence-corrected chi connectivity index (χ4v) is 3.42. The molecule has 4 radical (unpaired) electrons. The third kappa shape index (κ3) is 6.88. The Hall–Kier alpha value is -1.81. The third-order valence-corrected chi connectivity index (χ3v) is 4.92. The van der Waals surface area contributed by atoms with Gasteiger partial charge in [-0.25, -0.2) is 9.97 Å². The topological polar surface area (TPSA) is 55.2 Å². The second-order valence-electron chi connectivity index (χ2n) is 8.70. The monoisotopic (exact) mass is 390 g/mol. The molecule has 1 N–H and O–H groups in total. The summed E-state index contributed by atoms with van der Waals surface area (Å²) in [6.07, 6.45) is 3.68. The van der Waals surface area contributed by atoms with Gasteiger partial charge in [-0.1, -0.05) is 65.8 Å². The summed E-state index contributed by atoms with van der Waals surface area (Å²) >= 11 is 0. The maximum atomic E-state index is 9.30. The van der Waals surface area contributed by atoms with Gasteiger partial charge in [-0.2, -0.15) is 0 Å². The highest BCUT2D eigenvalue weighted by Gasteiger charge is 2.31. The summed E-state index contributed by atoms with van der Waals surface area (Å²) in [4.78, 5) is 8.30. The third-order valence-electron chi connectivity index (χ3n) is 4.92. The number of rotatable bonds is 6. The Morgan fingerprint density at radius 3 is 1.83 bits per heavy atom. The minimum Gasteiger partial charge on any atom is -0.465 e. The van der Waals surface area contributed by atoms with Crippen LogP contribution in [0.2, 0.25) is 0 Å². The molecule has 0 aliphatic heterocycles. The molecular formula is C23H32B2N2O2. The van der Waals surface area contributed by atoms with Gasteiger partial charge in [-0.05, 0) is 41.7 Å².